The lowest BCUT2D eigenvalue weighted by Gasteiger charge is -2.39. The molecule has 30 heavy (non-hydrogen) atoms. The van der Waals surface area contributed by atoms with Gasteiger partial charge >= 0.3 is 6.09 Å². The standard InChI is InChI=1S/C20H29N5O5/c1-20(2,3)30-19(27)24-8-4-5-15(14-24)18(26)23-11-9-22(10-12-23)17-7-6-16(13-21-17)25(28)29/h6-7,13,15H,4-5,8-12,14H2,1-3H3. The van der Waals surface area contributed by atoms with Gasteiger partial charge in [-0.2, -0.15) is 0 Å². The normalized spacial score (nSPS) is 20.1. The third kappa shape index (κ3) is 5.37. The van der Waals surface area contributed by atoms with Crippen molar-refractivity contribution in [2.75, 3.05) is 44.2 Å². The van der Waals surface area contributed by atoms with Gasteiger partial charge in [-0.1, -0.05) is 0 Å². The molecule has 1 atom stereocenters. The van der Waals surface area contributed by atoms with Gasteiger partial charge in [0.15, 0.2) is 0 Å². The first kappa shape index (κ1) is 21.8. The van der Waals surface area contributed by atoms with E-state index in [1.54, 1.807) is 11.0 Å². The first-order chi connectivity index (χ1) is 14.1. The molecule has 2 amide bonds. The van der Waals surface area contributed by atoms with Crippen molar-refractivity contribution >= 4 is 23.5 Å². The molecule has 2 fully saturated rings. The third-order valence-corrected chi connectivity index (χ3v) is 5.28. The van der Waals surface area contributed by atoms with Crippen LogP contribution in [0.25, 0.3) is 0 Å². The first-order valence-corrected chi connectivity index (χ1v) is 10.3. The van der Waals surface area contributed by atoms with Crippen LogP contribution in [0.15, 0.2) is 18.3 Å². The summed E-state index contributed by atoms with van der Waals surface area (Å²) in [6.45, 7) is 8.82. The summed E-state index contributed by atoms with van der Waals surface area (Å²) in [5.41, 5.74) is -0.601. The van der Waals surface area contributed by atoms with Crippen LogP contribution in [0, 0.1) is 16.0 Å². The predicted octanol–water partition coefficient (Wildman–Crippen LogP) is 2.29. The fourth-order valence-electron chi connectivity index (χ4n) is 3.76. The molecule has 0 aliphatic carbocycles. The van der Waals surface area contributed by atoms with E-state index in [1.165, 1.54) is 12.3 Å². The molecule has 0 aromatic carbocycles. The highest BCUT2D eigenvalue weighted by molar-refractivity contribution is 5.80. The Morgan fingerprint density at radius 1 is 1.13 bits per heavy atom. The van der Waals surface area contributed by atoms with Crippen LogP contribution < -0.4 is 4.90 Å². The largest absolute Gasteiger partial charge is 0.444 e. The molecule has 0 radical (unpaired) electrons. The van der Waals surface area contributed by atoms with Gasteiger partial charge in [-0.3, -0.25) is 14.9 Å². The molecule has 0 bridgehead atoms. The molecule has 1 aromatic rings. The molecule has 10 heteroatoms. The van der Waals surface area contributed by atoms with Crippen LogP contribution in [0.2, 0.25) is 0 Å². The smallest absolute Gasteiger partial charge is 0.410 e. The van der Waals surface area contributed by atoms with E-state index in [0.29, 0.717) is 45.1 Å². The van der Waals surface area contributed by atoms with E-state index in [4.69, 9.17) is 4.74 Å². The van der Waals surface area contributed by atoms with E-state index >= 15 is 0 Å². The SMILES string of the molecule is CC(C)(C)OC(=O)N1CCCC(C(=O)N2CCN(c3ccc([N+](=O)[O-])cn3)CC2)C1. The highest BCUT2D eigenvalue weighted by Crippen LogP contribution is 2.23. The van der Waals surface area contributed by atoms with Gasteiger partial charge in [-0.05, 0) is 39.7 Å². The van der Waals surface area contributed by atoms with Crippen molar-refractivity contribution in [1.29, 1.82) is 0 Å². The highest BCUT2D eigenvalue weighted by atomic mass is 16.6. The monoisotopic (exact) mass is 419 g/mol. The number of hydrogen-bond acceptors (Lipinski definition) is 7. The Hall–Kier alpha value is -2.91. The Morgan fingerprint density at radius 2 is 1.83 bits per heavy atom. The molecular weight excluding hydrogens is 390 g/mol. The van der Waals surface area contributed by atoms with Crippen molar-refractivity contribution in [1.82, 2.24) is 14.8 Å². The second kappa shape index (κ2) is 8.85. The molecule has 0 N–H and O–H groups in total. The van der Waals surface area contributed by atoms with Crippen molar-refractivity contribution in [2.24, 2.45) is 5.92 Å². The number of rotatable bonds is 3. The topological polar surface area (TPSA) is 109 Å². The maximum atomic E-state index is 13.0. The lowest BCUT2D eigenvalue weighted by molar-refractivity contribution is -0.385. The van der Waals surface area contributed by atoms with E-state index < -0.39 is 10.5 Å². The number of amides is 2. The minimum absolute atomic E-state index is 0.0422. The van der Waals surface area contributed by atoms with E-state index in [-0.39, 0.29) is 23.6 Å². The number of nitro groups is 1. The van der Waals surface area contributed by atoms with Crippen molar-refractivity contribution in [3.8, 4) is 0 Å². The quantitative estimate of drug-likeness (QED) is 0.546. The molecule has 2 saturated heterocycles. The van der Waals surface area contributed by atoms with Gasteiger partial charge in [0.1, 0.15) is 17.6 Å². The fraction of sp³-hybridized carbons (Fsp3) is 0.650. The summed E-state index contributed by atoms with van der Waals surface area (Å²) < 4.78 is 5.44. The zero-order valence-electron chi connectivity index (χ0n) is 17.7. The van der Waals surface area contributed by atoms with Crippen LogP contribution in [-0.2, 0) is 9.53 Å². The number of nitrogens with zero attached hydrogens (tertiary/aromatic N) is 5. The molecule has 0 saturated carbocycles. The number of carbonyl (C=O) groups is 2. The van der Waals surface area contributed by atoms with Crippen molar-refractivity contribution in [2.45, 2.75) is 39.2 Å². The molecule has 0 spiro atoms. The lowest BCUT2D eigenvalue weighted by atomic mass is 9.96. The average Bonchev–Trinajstić information content (AvgIpc) is 2.72. The fourth-order valence-corrected chi connectivity index (χ4v) is 3.76. The number of aromatic nitrogens is 1. The summed E-state index contributed by atoms with van der Waals surface area (Å²) >= 11 is 0. The summed E-state index contributed by atoms with van der Waals surface area (Å²) in [4.78, 5) is 45.3. The number of anilines is 1. The Balaban J connectivity index is 1.53. The molecule has 3 rings (SSSR count). The van der Waals surface area contributed by atoms with Gasteiger partial charge in [0.2, 0.25) is 5.91 Å². The average molecular weight is 419 g/mol. The van der Waals surface area contributed by atoms with E-state index in [1.807, 2.05) is 30.6 Å². The number of likely N-dealkylation sites (tertiary alicyclic amines) is 1. The molecule has 3 heterocycles. The minimum atomic E-state index is -0.559. The third-order valence-electron chi connectivity index (χ3n) is 5.28. The second-order valence-corrected chi connectivity index (χ2v) is 8.71. The zero-order valence-corrected chi connectivity index (χ0v) is 17.7. The zero-order chi connectivity index (χ0) is 21.9. The maximum absolute atomic E-state index is 13.0. The first-order valence-electron chi connectivity index (χ1n) is 10.3. The van der Waals surface area contributed by atoms with Gasteiger partial charge in [-0.25, -0.2) is 9.78 Å². The number of carbonyl (C=O) groups excluding carboxylic acids is 2. The Labute approximate surface area is 175 Å². The van der Waals surface area contributed by atoms with Crippen molar-refractivity contribution in [3.63, 3.8) is 0 Å². The number of ether oxygens (including phenoxy) is 1. The van der Waals surface area contributed by atoms with Gasteiger partial charge < -0.3 is 19.4 Å². The van der Waals surface area contributed by atoms with Crippen molar-refractivity contribution < 1.29 is 19.2 Å². The van der Waals surface area contributed by atoms with Crippen LogP contribution in [0.5, 0.6) is 0 Å². The minimum Gasteiger partial charge on any atom is -0.444 e. The highest BCUT2D eigenvalue weighted by Gasteiger charge is 2.34. The number of pyridine rings is 1. The number of piperazine rings is 1. The van der Waals surface area contributed by atoms with Crippen LogP contribution in [0.3, 0.4) is 0 Å². The van der Waals surface area contributed by atoms with Crippen LogP contribution in [-0.4, -0.2) is 76.6 Å². The maximum Gasteiger partial charge on any atom is 0.410 e. The molecule has 1 aromatic heterocycles. The van der Waals surface area contributed by atoms with Gasteiger partial charge in [0.05, 0.1) is 10.8 Å². The molecule has 164 valence electrons. The van der Waals surface area contributed by atoms with Crippen LogP contribution >= 0.6 is 0 Å². The van der Waals surface area contributed by atoms with E-state index in [9.17, 15) is 19.7 Å². The van der Waals surface area contributed by atoms with Crippen molar-refractivity contribution in [3.05, 3.63) is 28.4 Å². The molecule has 1 unspecified atom stereocenters. The lowest BCUT2D eigenvalue weighted by Crippen LogP contribution is -2.53. The van der Waals surface area contributed by atoms with Gasteiger partial charge in [0.25, 0.3) is 5.69 Å². The predicted molar refractivity (Wildman–Crippen MR) is 110 cm³/mol. The number of hydrogen-bond donors (Lipinski definition) is 0. The summed E-state index contributed by atoms with van der Waals surface area (Å²) in [6, 6.07) is 3.07. The number of piperidine rings is 1. The second-order valence-electron chi connectivity index (χ2n) is 8.71. The van der Waals surface area contributed by atoms with E-state index in [2.05, 4.69) is 4.98 Å². The van der Waals surface area contributed by atoms with Crippen LogP contribution in [0.1, 0.15) is 33.6 Å². The van der Waals surface area contributed by atoms with Gasteiger partial charge in [-0.15, -0.1) is 0 Å². The molecule has 10 nitrogen and oxygen atoms in total. The van der Waals surface area contributed by atoms with E-state index in [0.717, 1.165) is 12.8 Å². The summed E-state index contributed by atoms with van der Waals surface area (Å²) in [5.74, 6) is 0.524. The Bertz CT molecular complexity index is 784. The Morgan fingerprint density at radius 3 is 2.40 bits per heavy atom. The summed E-state index contributed by atoms with van der Waals surface area (Å²) in [7, 11) is 0. The molecule has 2 aliphatic rings. The summed E-state index contributed by atoms with van der Waals surface area (Å²) in [6.07, 6.45) is 2.43. The van der Waals surface area contributed by atoms with Crippen LogP contribution in [0.4, 0.5) is 16.3 Å². The molecular formula is C20H29N5O5. The Kier molecular flexibility index (Phi) is 6.42. The molecule has 2 aliphatic heterocycles. The van der Waals surface area contributed by atoms with Gasteiger partial charge in [0, 0.05) is 45.3 Å². The summed E-state index contributed by atoms with van der Waals surface area (Å²) in [5, 5.41) is 10.8.